The lowest BCUT2D eigenvalue weighted by Gasteiger charge is -2.10. The van der Waals surface area contributed by atoms with E-state index in [1.165, 1.54) is 22.5 Å². The number of carbonyl (C=O) groups is 1. The summed E-state index contributed by atoms with van der Waals surface area (Å²) >= 11 is 1.47. The molecule has 0 spiro atoms. The van der Waals surface area contributed by atoms with E-state index >= 15 is 0 Å². The van der Waals surface area contributed by atoms with E-state index in [0.717, 1.165) is 21.6 Å². The van der Waals surface area contributed by atoms with Gasteiger partial charge in [0.2, 0.25) is 0 Å². The summed E-state index contributed by atoms with van der Waals surface area (Å²) in [5.41, 5.74) is 12.2. The first-order chi connectivity index (χ1) is 12.0. The summed E-state index contributed by atoms with van der Waals surface area (Å²) in [7, 11) is 0. The fourth-order valence-corrected chi connectivity index (χ4v) is 3.85. The average molecular weight is 350 g/mol. The van der Waals surface area contributed by atoms with Gasteiger partial charge in [-0.25, -0.2) is 0 Å². The Bertz CT molecular complexity index is 913. The van der Waals surface area contributed by atoms with Gasteiger partial charge in [-0.05, 0) is 43.0 Å². The number of aryl methyl sites for hydroxylation is 3. The quantitative estimate of drug-likeness (QED) is 0.706. The Morgan fingerprint density at radius 3 is 2.44 bits per heavy atom. The summed E-state index contributed by atoms with van der Waals surface area (Å²) in [5.74, 6) is -0.126. The highest BCUT2D eigenvalue weighted by Gasteiger charge is 2.21. The van der Waals surface area contributed by atoms with Gasteiger partial charge in [-0.2, -0.15) is 0 Å². The van der Waals surface area contributed by atoms with Crippen LogP contribution in [0.5, 0.6) is 0 Å². The average Bonchev–Trinajstić information content (AvgIpc) is 2.90. The Balaban J connectivity index is 1.93. The van der Waals surface area contributed by atoms with E-state index in [9.17, 15) is 4.79 Å². The number of nitrogens with one attached hydrogen (secondary N) is 1. The molecule has 128 valence electrons. The van der Waals surface area contributed by atoms with Crippen molar-refractivity contribution in [3.63, 3.8) is 0 Å². The molecule has 0 bridgehead atoms. The summed E-state index contributed by atoms with van der Waals surface area (Å²) in [6.45, 7) is 6.67. The lowest BCUT2D eigenvalue weighted by Crippen LogP contribution is -2.23. The second-order valence-electron chi connectivity index (χ2n) is 6.24. The summed E-state index contributed by atoms with van der Waals surface area (Å²) in [5, 5.41) is 3.56. The van der Waals surface area contributed by atoms with E-state index in [-0.39, 0.29) is 5.91 Å². The third-order valence-electron chi connectivity index (χ3n) is 4.43. The van der Waals surface area contributed by atoms with Gasteiger partial charge in [0, 0.05) is 17.0 Å². The van der Waals surface area contributed by atoms with E-state index in [2.05, 4.69) is 37.4 Å². The van der Waals surface area contributed by atoms with Gasteiger partial charge < -0.3 is 11.1 Å². The van der Waals surface area contributed by atoms with Crippen LogP contribution in [0.3, 0.4) is 0 Å². The van der Waals surface area contributed by atoms with Crippen molar-refractivity contribution in [1.82, 2.24) is 5.32 Å². The van der Waals surface area contributed by atoms with E-state index in [4.69, 9.17) is 5.73 Å². The molecule has 3 rings (SSSR count). The second-order valence-corrected chi connectivity index (χ2v) is 7.50. The van der Waals surface area contributed by atoms with Crippen molar-refractivity contribution in [3.8, 4) is 11.1 Å². The number of rotatable bonds is 4. The predicted octanol–water partition coefficient (Wildman–Crippen LogP) is 4.85. The second kappa shape index (κ2) is 7.11. The van der Waals surface area contributed by atoms with Crippen molar-refractivity contribution in [1.29, 1.82) is 0 Å². The zero-order valence-electron chi connectivity index (χ0n) is 14.7. The van der Waals surface area contributed by atoms with Gasteiger partial charge in [0.25, 0.3) is 5.91 Å². The Kier molecular flexibility index (Phi) is 4.91. The lowest BCUT2D eigenvalue weighted by atomic mass is 9.97. The molecule has 0 fully saturated rings. The van der Waals surface area contributed by atoms with E-state index in [1.807, 2.05) is 37.3 Å². The molecule has 0 aliphatic carbocycles. The molecule has 0 aliphatic heterocycles. The summed E-state index contributed by atoms with van der Waals surface area (Å²) in [6, 6.07) is 16.1. The maximum Gasteiger partial charge on any atom is 0.255 e. The molecule has 3 nitrogen and oxygen atoms in total. The van der Waals surface area contributed by atoms with Crippen LogP contribution in [0.25, 0.3) is 11.1 Å². The van der Waals surface area contributed by atoms with Crippen molar-refractivity contribution in [2.75, 3.05) is 5.73 Å². The Morgan fingerprint density at radius 2 is 1.76 bits per heavy atom. The largest absolute Gasteiger partial charge is 0.390 e. The highest BCUT2D eigenvalue weighted by molar-refractivity contribution is 7.16. The minimum absolute atomic E-state index is 0.126. The van der Waals surface area contributed by atoms with Gasteiger partial charge in [0.1, 0.15) is 0 Å². The molecule has 1 heterocycles. The number of thiophene rings is 1. The molecule has 0 radical (unpaired) electrons. The fourth-order valence-electron chi connectivity index (χ4n) is 2.90. The fraction of sp³-hybridized carbons (Fsp3) is 0.190. The van der Waals surface area contributed by atoms with Crippen LogP contribution in [-0.4, -0.2) is 5.91 Å². The lowest BCUT2D eigenvalue weighted by molar-refractivity contribution is 0.0953. The molecule has 0 unspecified atom stereocenters. The van der Waals surface area contributed by atoms with Crippen molar-refractivity contribution in [2.24, 2.45) is 0 Å². The highest BCUT2D eigenvalue weighted by Crippen LogP contribution is 2.38. The van der Waals surface area contributed by atoms with Crippen LogP contribution in [0.1, 0.15) is 31.9 Å². The molecule has 0 saturated carbocycles. The van der Waals surface area contributed by atoms with E-state index in [1.54, 1.807) is 0 Å². The highest BCUT2D eigenvalue weighted by atomic mass is 32.1. The van der Waals surface area contributed by atoms with Crippen molar-refractivity contribution >= 4 is 22.2 Å². The molecule has 1 amide bonds. The molecule has 0 atom stereocenters. The monoisotopic (exact) mass is 350 g/mol. The van der Waals surface area contributed by atoms with Gasteiger partial charge in [-0.3, -0.25) is 4.79 Å². The number of carbonyl (C=O) groups excluding carboxylic acids is 1. The molecule has 2 aromatic carbocycles. The third kappa shape index (κ3) is 3.59. The first-order valence-corrected chi connectivity index (χ1v) is 9.07. The van der Waals surface area contributed by atoms with Crippen LogP contribution in [-0.2, 0) is 6.54 Å². The molecular formula is C21H22N2OS. The van der Waals surface area contributed by atoms with Crippen LogP contribution >= 0.6 is 11.3 Å². The minimum atomic E-state index is -0.126. The van der Waals surface area contributed by atoms with Crippen molar-refractivity contribution in [2.45, 2.75) is 27.3 Å². The molecular weight excluding hydrogens is 328 g/mol. The maximum atomic E-state index is 12.8. The molecule has 1 aromatic heterocycles. The SMILES string of the molecule is Cc1ccc(-c2c(C)sc(N)c2C(=O)NCc2ccccc2)cc1C. The first kappa shape index (κ1) is 17.2. The van der Waals surface area contributed by atoms with E-state index in [0.29, 0.717) is 17.1 Å². The molecule has 0 saturated heterocycles. The number of nitrogens with two attached hydrogens (primary N) is 1. The van der Waals surface area contributed by atoms with Crippen molar-refractivity contribution in [3.05, 3.63) is 75.7 Å². The summed E-state index contributed by atoms with van der Waals surface area (Å²) in [6.07, 6.45) is 0. The first-order valence-electron chi connectivity index (χ1n) is 8.26. The molecule has 25 heavy (non-hydrogen) atoms. The zero-order chi connectivity index (χ0) is 18.0. The number of hydrogen-bond acceptors (Lipinski definition) is 3. The van der Waals surface area contributed by atoms with Crippen LogP contribution < -0.4 is 11.1 Å². The van der Waals surface area contributed by atoms with Crippen molar-refractivity contribution < 1.29 is 4.79 Å². The Hall–Kier alpha value is -2.59. The standard InChI is InChI=1S/C21H22N2OS/c1-13-9-10-17(11-14(13)2)18-15(3)25-20(22)19(18)21(24)23-12-16-7-5-4-6-8-16/h4-11H,12,22H2,1-3H3,(H,23,24). The third-order valence-corrected chi connectivity index (χ3v) is 5.36. The number of amides is 1. The molecule has 3 aromatic rings. The molecule has 0 aliphatic rings. The van der Waals surface area contributed by atoms with Gasteiger partial charge >= 0.3 is 0 Å². The topological polar surface area (TPSA) is 55.1 Å². The Morgan fingerprint density at radius 1 is 1.04 bits per heavy atom. The van der Waals surface area contributed by atoms with Gasteiger partial charge in [0.05, 0.1) is 10.6 Å². The smallest absolute Gasteiger partial charge is 0.255 e. The number of nitrogen functional groups attached to an aromatic ring is 1. The van der Waals surface area contributed by atoms with Crippen LogP contribution in [0.15, 0.2) is 48.5 Å². The zero-order valence-corrected chi connectivity index (χ0v) is 15.5. The van der Waals surface area contributed by atoms with Crippen LogP contribution in [0.2, 0.25) is 0 Å². The van der Waals surface area contributed by atoms with Gasteiger partial charge in [0.15, 0.2) is 0 Å². The van der Waals surface area contributed by atoms with Crippen LogP contribution in [0.4, 0.5) is 5.00 Å². The number of anilines is 1. The Labute approximate surface area is 152 Å². The maximum absolute atomic E-state index is 12.8. The molecule has 3 N–H and O–H groups in total. The predicted molar refractivity (Wildman–Crippen MR) is 106 cm³/mol. The minimum Gasteiger partial charge on any atom is -0.390 e. The van der Waals surface area contributed by atoms with Gasteiger partial charge in [-0.1, -0.05) is 48.5 Å². The number of hydrogen-bond donors (Lipinski definition) is 2. The van der Waals surface area contributed by atoms with Gasteiger partial charge in [-0.15, -0.1) is 11.3 Å². The summed E-state index contributed by atoms with van der Waals surface area (Å²) < 4.78 is 0. The van der Waals surface area contributed by atoms with E-state index < -0.39 is 0 Å². The summed E-state index contributed by atoms with van der Waals surface area (Å²) in [4.78, 5) is 13.9. The molecule has 4 heteroatoms. The normalized spacial score (nSPS) is 10.7. The van der Waals surface area contributed by atoms with Crippen LogP contribution in [0, 0.1) is 20.8 Å². The number of benzene rings is 2.